The molecule has 0 aliphatic rings. The molecular weight excluding hydrogens is 150 g/mol. The smallest absolute Gasteiger partial charge is 0.221 e. The lowest BCUT2D eigenvalue weighted by Gasteiger charge is -2.06. The van der Waals surface area contributed by atoms with Gasteiger partial charge in [0.2, 0.25) is 5.88 Å². The summed E-state index contributed by atoms with van der Waals surface area (Å²) in [6.45, 7) is 6.84. The summed E-state index contributed by atoms with van der Waals surface area (Å²) in [5.74, 6) is 1.08. The van der Waals surface area contributed by atoms with Gasteiger partial charge in [-0.1, -0.05) is 13.8 Å². The molecule has 0 aromatic carbocycles. The van der Waals surface area contributed by atoms with E-state index in [1.54, 1.807) is 6.20 Å². The molecule has 0 saturated carbocycles. The van der Waals surface area contributed by atoms with Gasteiger partial charge in [-0.3, -0.25) is 0 Å². The summed E-state index contributed by atoms with van der Waals surface area (Å²) in [7, 11) is 0. The van der Waals surface area contributed by atoms with Gasteiger partial charge < -0.3 is 4.74 Å². The van der Waals surface area contributed by atoms with E-state index in [0.29, 0.717) is 18.4 Å². The normalized spacial score (nSPS) is 10.3. The largest absolute Gasteiger partial charge is 0.478 e. The standard InChI is InChI=1S/C10H14NO/c1-4-12-10-7-9(8(2)3)5-6-11-10/h5-6,8H,4H2,1-3H3. The Bertz CT molecular complexity index is 245. The van der Waals surface area contributed by atoms with Crippen LogP contribution >= 0.6 is 0 Å². The predicted molar refractivity (Wildman–Crippen MR) is 48.3 cm³/mol. The van der Waals surface area contributed by atoms with Gasteiger partial charge in [0.15, 0.2) is 0 Å². The van der Waals surface area contributed by atoms with Crippen LogP contribution in [0.3, 0.4) is 0 Å². The van der Waals surface area contributed by atoms with Crippen molar-refractivity contribution < 1.29 is 4.74 Å². The van der Waals surface area contributed by atoms with Crippen molar-refractivity contribution in [2.45, 2.75) is 26.7 Å². The van der Waals surface area contributed by atoms with Crippen LogP contribution < -0.4 is 4.74 Å². The average Bonchev–Trinajstić information content (AvgIpc) is 2.05. The van der Waals surface area contributed by atoms with Crippen LogP contribution in [0.15, 0.2) is 12.3 Å². The molecule has 0 unspecified atom stereocenters. The van der Waals surface area contributed by atoms with Crippen LogP contribution in [0.1, 0.15) is 32.3 Å². The zero-order chi connectivity index (χ0) is 8.97. The van der Waals surface area contributed by atoms with Crippen LogP contribution in [-0.2, 0) is 0 Å². The number of rotatable bonds is 3. The van der Waals surface area contributed by atoms with Crippen molar-refractivity contribution in [3.05, 3.63) is 23.9 Å². The summed E-state index contributed by atoms with van der Waals surface area (Å²) in [5, 5.41) is 0. The van der Waals surface area contributed by atoms with Crippen molar-refractivity contribution in [2.24, 2.45) is 0 Å². The molecule has 2 heteroatoms. The van der Waals surface area contributed by atoms with Crippen LogP contribution in [0.5, 0.6) is 5.88 Å². The molecule has 0 amide bonds. The highest BCUT2D eigenvalue weighted by Crippen LogP contribution is 2.16. The number of hydrogen-bond donors (Lipinski definition) is 0. The van der Waals surface area contributed by atoms with E-state index < -0.39 is 0 Å². The first-order valence-electron chi connectivity index (χ1n) is 4.25. The van der Waals surface area contributed by atoms with Crippen molar-refractivity contribution in [1.82, 2.24) is 4.98 Å². The summed E-state index contributed by atoms with van der Waals surface area (Å²) in [5.41, 5.74) is 1.15. The highest BCUT2D eigenvalue weighted by molar-refractivity contribution is 5.20. The van der Waals surface area contributed by atoms with Crippen LogP contribution in [0.4, 0.5) is 0 Å². The Kier molecular flexibility index (Phi) is 3.09. The molecule has 0 saturated heterocycles. The maximum atomic E-state index is 5.23. The number of pyridine rings is 1. The lowest BCUT2D eigenvalue weighted by Crippen LogP contribution is -1.96. The van der Waals surface area contributed by atoms with E-state index in [9.17, 15) is 0 Å². The third-order valence-electron chi connectivity index (χ3n) is 1.60. The maximum Gasteiger partial charge on any atom is 0.221 e. The quantitative estimate of drug-likeness (QED) is 0.684. The van der Waals surface area contributed by atoms with Gasteiger partial charge in [-0.05, 0) is 24.5 Å². The summed E-state index contributed by atoms with van der Waals surface area (Å²) < 4.78 is 5.23. The fourth-order valence-corrected chi connectivity index (χ4v) is 0.930. The van der Waals surface area contributed by atoms with Crippen molar-refractivity contribution in [3.8, 4) is 5.88 Å². The van der Waals surface area contributed by atoms with Gasteiger partial charge in [0.1, 0.15) is 0 Å². The second kappa shape index (κ2) is 4.10. The molecule has 1 aromatic rings. The summed E-state index contributed by atoms with van der Waals surface area (Å²) >= 11 is 0. The minimum absolute atomic E-state index is 0.479. The van der Waals surface area contributed by atoms with E-state index in [0.717, 1.165) is 5.56 Å². The van der Waals surface area contributed by atoms with Crippen molar-refractivity contribution in [2.75, 3.05) is 6.61 Å². The van der Waals surface area contributed by atoms with Gasteiger partial charge in [-0.2, -0.15) is 0 Å². The SMILES string of the molecule is CCOc1[c]c(C(C)C)ccn1. The molecule has 0 aliphatic heterocycles. The van der Waals surface area contributed by atoms with E-state index >= 15 is 0 Å². The van der Waals surface area contributed by atoms with E-state index in [1.165, 1.54) is 0 Å². The Morgan fingerprint density at radius 2 is 2.33 bits per heavy atom. The zero-order valence-corrected chi connectivity index (χ0v) is 7.79. The minimum Gasteiger partial charge on any atom is -0.478 e. The van der Waals surface area contributed by atoms with E-state index in [-0.39, 0.29) is 0 Å². The molecule has 1 radical (unpaired) electrons. The number of aromatic nitrogens is 1. The van der Waals surface area contributed by atoms with Crippen LogP contribution in [0.25, 0.3) is 0 Å². The first kappa shape index (κ1) is 9.04. The fraction of sp³-hybridized carbons (Fsp3) is 0.500. The Labute approximate surface area is 73.6 Å². The number of ether oxygens (including phenoxy) is 1. The molecule has 1 aromatic heterocycles. The maximum absolute atomic E-state index is 5.23. The van der Waals surface area contributed by atoms with Gasteiger partial charge in [-0.15, -0.1) is 0 Å². The monoisotopic (exact) mass is 164 g/mol. The Morgan fingerprint density at radius 1 is 1.58 bits per heavy atom. The molecule has 0 atom stereocenters. The molecule has 1 rings (SSSR count). The van der Waals surface area contributed by atoms with Gasteiger partial charge in [-0.25, -0.2) is 4.98 Å². The Balaban J connectivity index is 2.81. The molecule has 0 spiro atoms. The minimum atomic E-state index is 0.479. The predicted octanol–water partition coefficient (Wildman–Crippen LogP) is 2.40. The van der Waals surface area contributed by atoms with E-state index in [1.807, 2.05) is 13.0 Å². The average molecular weight is 164 g/mol. The Hall–Kier alpha value is -1.05. The lowest BCUT2D eigenvalue weighted by atomic mass is 10.1. The summed E-state index contributed by atoms with van der Waals surface area (Å²) in [6, 6.07) is 5.08. The number of nitrogens with zero attached hydrogens (tertiary/aromatic N) is 1. The molecule has 12 heavy (non-hydrogen) atoms. The third-order valence-corrected chi connectivity index (χ3v) is 1.60. The van der Waals surface area contributed by atoms with E-state index in [2.05, 4.69) is 24.9 Å². The third kappa shape index (κ3) is 2.22. The first-order chi connectivity index (χ1) is 5.74. The van der Waals surface area contributed by atoms with Crippen molar-refractivity contribution in [3.63, 3.8) is 0 Å². The highest BCUT2D eigenvalue weighted by atomic mass is 16.5. The Morgan fingerprint density at radius 3 is 2.92 bits per heavy atom. The zero-order valence-electron chi connectivity index (χ0n) is 7.79. The molecule has 2 nitrogen and oxygen atoms in total. The second-order valence-electron chi connectivity index (χ2n) is 2.92. The molecule has 65 valence electrons. The van der Waals surface area contributed by atoms with Gasteiger partial charge >= 0.3 is 0 Å². The van der Waals surface area contributed by atoms with Crippen molar-refractivity contribution >= 4 is 0 Å². The van der Waals surface area contributed by atoms with Gasteiger partial charge in [0, 0.05) is 6.20 Å². The molecule has 0 aliphatic carbocycles. The topological polar surface area (TPSA) is 22.1 Å². The molecule has 0 fully saturated rings. The van der Waals surface area contributed by atoms with Crippen LogP contribution in [0.2, 0.25) is 0 Å². The molecule has 1 heterocycles. The van der Waals surface area contributed by atoms with E-state index in [4.69, 9.17) is 4.74 Å². The summed E-state index contributed by atoms with van der Waals surface area (Å²) in [6.07, 6.45) is 1.76. The molecular formula is C10H14NO. The van der Waals surface area contributed by atoms with Gasteiger partial charge in [0.05, 0.1) is 12.7 Å². The highest BCUT2D eigenvalue weighted by Gasteiger charge is 2.01. The van der Waals surface area contributed by atoms with Gasteiger partial charge in [0.25, 0.3) is 0 Å². The lowest BCUT2D eigenvalue weighted by molar-refractivity contribution is 0.325. The molecule has 0 bridgehead atoms. The van der Waals surface area contributed by atoms with Crippen LogP contribution in [-0.4, -0.2) is 11.6 Å². The summed E-state index contributed by atoms with van der Waals surface area (Å²) in [4.78, 5) is 4.03. The first-order valence-corrected chi connectivity index (χ1v) is 4.25. The fourth-order valence-electron chi connectivity index (χ4n) is 0.930. The van der Waals surface area contributed by atoms with Crippen LogP contribution in [0, 0.1) is 6.07 Å². The molecule has 0 N–H and O–H groups in total. The van der Waals surface area contributed by atoms with Crippen molar-refractivity contribution in [1.29, 1.82) is 0 Å². The number of hydrogen-bond acceptors (Lipinski definition) is 2. The second-order valence-corrected chi connectivity index (χ2v) is 2.92.